The van der Waals surface area contributed by atoms with Gasteiger partial charge in [-0.3, -0.25) is 4.79 Å². The van der Waals surface area contributed by atoms with Crippen molar-refractivity contribution in [1.82, 2.24) is 20.3 Å². The molecular formula is C14H14N4O3. The maximum atomic E-state index is 11.4. The monoisotopic (exact) mass is 286 g/mol. The van der Waals surface area contributed by atoms with Crippen molar-refractivity contribution in [2.75, 3.05) is 0 Å². The highest BCUT2D eigenvalue weighted by Crippen LogP contribution is 2.09. The van der Waals surface area contributed by atoms with Crippen molar-refractivity contribution in [2.45, 2.75) is 13.5 Å². The zero-order valence-corrected chi connectivity index (χ0v) is 11.4. The van der Waals surface area contributed by atoms with E-state index >= 15 is 0 Å². The largest absolute Gasteiger partial charge is 0.476 e. The lowest BCUT2D eigenvalue weighted by Gasteiger charge is -2.06. The molecule has 0 bridgehead atoms. The molecule has 0 saturated heterocycles. The van der Waals surface area contributed by atoms with E-state index in [0.29, 0.717) is 17.8 Å². The molecule has 1 aromatic heterocycles. The van der Waals surface area contributed by atoms with Crippen molar-refractivity contribution in [3.05, 3.63) is 53.9 Å². The summed E-state index contributed by atoms with van der Waals surface area (Å²) in [7, 11) is 0. The number of benzene rings is 1. The van der Waals surface area contributed by atoms with Crippen molar-refractivity contribution >= 4 is 11.9 Å². The van der Waals surface area contributed by atoms with Crippen LogP contribution >= 0.6 is 0 Å². The number of aromatic carboxylic acids is 1. The molecule has 0 aliphatic heterocycles. The Labute approximate surface area is 120 Å². The second-order valence-electron chi connectivity index (χ2n) is 4.48. The minimum absolute atomic E-state index is 0.118. The Morgan fingerprint density at radius 2 is 2.00 bits per heavy atom. The maximum absolute atomic E-state index is 11.4. The number of carbonyl (C=O) groups excluding carboxylic acids is 1. The van der Waals surface area contributed by atoms with E-state index in [9.17, 15) is 9.59 Å². The van der Waals surface area contributed by atoms with Crippen molar-refractivity contribution in [1.29, 1.82) is 0 Å². The van der Waals surface area contributed by atoms with Crippen LogP contribution < -0.4 is 5.32 Å². The van der Waals surface area contributed by atoms with Gasteiger partial charge in [-0.15, -0.1) is 5.10 Å². The summed E-state index contributed by atoms with van der Waals surface area (Å²) >= 11 is 0. The van der Waals surface area contributed by atoms with Gasteiger partial charge in [-0.25, -0.2) is 9.48 Å². The number of carboxylic acids is 1. The molecule has 2 rings (SSSR count). The SMILES string of the molecule is C=C(C)C(=O)NCc1ccc(-n2cc(C(=O)O)nn2)cc1. The number of carbonyl (C=O) groups is 2. The first-order chi connectivity index (χ1) is 9.97. The smallest absolute Gasteiger partial charge is 0.358 e. The Hall–Kier alpha value is -2.96. The third-order valence-corrected chi connectivity index (χ3v) is 2.75. The van der Waals surface area contributed by atoms with E-state index in [2.05, 4.69) is 22.2 Å². The van der Waals surface area contributed by atoms with Crippen LogP contribution in [0.15, 0.2) is 42.6 Å². The molecule has 1 aromatic carbocycles. The highest BCUT2D eigenvalue weighted by molar-refractivity contribution is 5.92. The summed E-state index contributed by atoms with van der Waals surface area (Å²) in [5, 5.41) is 18.8. The molecule has 7 nitrogen and oxygen atoms in total. The van der Waals surface area contributed by atoms with Crippen molar-refractivity contribution < 1.29 is 14.7 Å². The number of nitrogens with one attached hydrogen (secondary N) is 1. The van der Waals surface area contributed by atoms with E-state index in [4.69, 9.17) is 5.11 Å². The van der Waals surface area contributed by atoms with Gasteiger partial charge in [-0.1, -0.05) is 23.9 Å². The van der Waals surface area contributed by atoms with Gasteiger partial charge in [0.15, 0.2) is 5.69 Å². The molecule has 21 heavy (non-hydrogen) atoms. The van der Waals surface area contributed by atoms with Crippen LogP contribution in [0, 0.1) is 0 Å². The Balaban J connectivity index is 2.06. The standard InChI is InChI=1S/C14H14N4O3/c1-9(2)13(19)15-7-10-3-5-11(6-4-10)18-8-12(14(20)21)16-17-18/h3-6,8H,1,7H2,2H3,(H,15,19)(H,20,21). The van der Waals surface area contributed by atoms with Crippen LogP contribution in [0.25, 0.3) is 5.69 Å². The quantitative estimate of drug-likeness (QED) is 0.804. The number of carboxylic acid groups (broad SMARTS) is 1. The predicted octanol–water partition coefficient (Wildman–Crippen LogP) is 1.16. The van der Waals surface area contributed by atoms with E-state index < -0.39 is 5.97 Å². The Kier molecular flexibility index (Phi) is 4.13. The van der Waals surface area contributed by atoms with E-state index in [0.717, 1.165) is 5.56 Å². The molecule has 7 heteroatoms. The van der Waals surface area contributed by atoms with Gasteiger partial charge in [0.1, 0.15) is 0 Å². The van der Waals surface area contributed by atoms with E-state index in [-0.39, 0.29) is 11.6 Å². The van der Waals surface area contributed by atoms with Gasteiger partial charge in [0.25, 0.3) is 0 Å². The lowest BCUT2D eigenvalue weighted by Crippen LogP contribution is -2.22. The zero-order chi connectivity index (χ0) is 15.4. The molecule has 0 spiro atoms. The second kappa shape index (κ2) is 6.00. The van der Waals surface area contributed by atoms with Gasteiger partial charge in [-0.2, -0.15) is 0 Å². The van der Waals surface area contributed by atoms with Gasteiger partial charge in [0.2, 0.25) is 5.91 Å². The van der Waals surface area contributed by atoms with E-state index in [1.165, 1.54) is 10.9 Å². The molecule has 0 saturated carbocycles. The number of amides is 1. The van der Waals surface area contributed by atoms with Gasteiger partial charge in [0.05, 0.1) is 11.9 Å². The van der Waals surface area contributed by atoms with Crippen molar-refractivity contribution in [3.63, 3.8) is 0 Å². The average molecular weight is 286 g/mol. The van der Waals surface area contributed by atoms with E-state index in [1.54, 1.807) is 19.1 Å². The topological polar surface area (TPSA) is 97.1 Å². The van der Waals surface area contributed by atoms with Gasteiger partial charge in [0, 0.05) is 12.1 Å². The first-order valence-corrected chi connectivity index (χ1v) is 6.16. The summed E-state index contributed by atoms with van der Waals surface area (Å²) in [6.07, 6.45) is 1.33. The minimum Gasteiger partial charge on any atom is -0.476 e. The lowest BCUT2D eigenvalue weighted by molar-refractivity contribution is -0.117. The molecule has 1 heterocycles. The molecular weight excluding hydrogens is 272 g/mol. The number of hydrogen-bond donors (Lipinski definition) is 2. The van der Waals surface area contributed by atoms with Crippen LogP contribution in [-0.4, -0.2) is 32.0 Å². The summed E-state index contributed by atoms with van der Waals surface area (Å²) in [5.74, 6) is -1.32. The van der Waals surface area contributed by atoms with Crippen molar-refractivity contribution in [2.24, 2.45) is 0 Å². The maximum Gasteiger partial charge on any atom is 0.358 e. The Bertz CT molecular complexity index is 688. The highest BCUT2D eigenvalue weighted by Gasteiger charge is 2.09. The first kappa shape index (κ1) is 14.4. The second-order valence-corrected chi connectivity index (χ2v) is 4.48. The van der Waals surface area contributed by atoms with Crippen LogP contribution in [0.1, 0.15) is 23.0 Å². The van der Waals surface area contributed by atoms with Crippen molar-refractivity contribution in [3.8, 4) is 5.69 Å². The first-order valence-electron chi connectivity index (χ1n) is 6.16. The Morgan fingerprint density at radius 3 is 2.52 bits per heavy atom. The number of nitrogens with zero attached hydrogens (tertiary/aromatic N) is 3. The zero-order valence-electron chi connectivity index (χ0n) is 11.4. The molecule has 0 aliphatic rings. The summed E-state index contributed by atoms with van der Waals surface area (Å²) < 4.78 is 1.37. The van der Waals surface area contributed by atoms with Crippen LogP contribution in [-0.2, 0) is 11.3 Å². The summed E-state index contributed by atoms with van der Waals surface area (Å²) in [5.41, 5.74) is 1.93. The number of rotatable bonds is 5. The summed E-state index contributed by atoms with van der Waals surface area (Å²) in [6, 6.07) is 7.16. The molecule has 0 atom stereocenters. The molecule has 2 aromatic rings. The fourth-order valence-electron chi connectivity index (χ4n) is 1.59. The van der Waals surface area contributed by atoms with Crippen LogP contribution in [0.2, 0.25) is 0 Å². The molecule has 0 unspecified atom stereocenters. The molecule has 0 aliphatic carbocycles. The lowest BCUT2D eigenvalue weighted by atomic mass is 10.2. The fourth-order valence-corrected chi connectivity index (χ4v) is 1.59. The molecule has 0 radical (unpaired) electrons. The Morgan fingerprint density at radius 1 is 1.33 bits per heavy atom. The van der Waals surface area contributed by atoms with Gasteiger partial charge >= 0.3 is 5.97 Å². The van der Waals surface area contributed by atoms with Crippen LogP contribution in [0.4, 0.5) is 0 Å². The summed E-state index contributed by atoms with van der Waals surface area (Å²) in [6.45, 7) is 5.59. The molecule has 108 valence electrons. The van der Waals surface area contributed by atoms with Crippen LogP contribution in [0.5, 0.6) is 0 Å². The minimum atomic E-state index is -1.12. The fraction of sp³-hybridized carbons (Fsp3) is 0.143. The number of hydrogen-bond acceptors (Lipinski definition) is 4. The number of aromatic nitrogens is 3. The predicted molar refractivity (Wildman–Crippen MR) is 75.0 cm³/mol. The van der Waals surface area contributed by atoms with Gasteiger partial charge < -0.3 is 10.4 Å². The van der Waals surface area contributed by atoms with E-state index in [1.807, 2.05) is 12.1 Å². The average Bonchev–Trinajstić information content (AvgIpc) is 2.95. The summed E-state index contributed by atoms with van der Waals surface area (Å²) in [4.78, 5) is 22.1. The van der Waals surface area contributed by atoms with Crippen LogP contribution in [0.3, 0.4) is 0 Å². The normalized spacial score (nSPS) is 10.1. The molecule has 2 N–H and O–H groups in total. The third kappa shape index (κ3) is 3.53. The highest BCUT2D eigenvalue weighted by atomic mass is 16.4. The third-order valence-electron chi connectivity index (χ3n) is 2.75. The molecule has 1 amide bonds. The van der Waals surface area contributed by atoms with Gasteiger partial charge in [-0.05, 0) is 24.6 Å². The molecule has 0 fully saturated rings.